The second-order valence-corrected chi connectivity index (χ2v) is 7.27. The fourth-order valence-electron chi connectivity index (χ4n) is 2.99. The lowest BCUT2D eigenvalue weighted by atomic mass is 9.97. The van der Waals surface area contributed by atoms with Crippen molar-refractivity contribution in [2.45, 2.75) is 19.4 Å². The second-order valence-electron chi connectivity index (χ2n) is 6.33. The van der Waals surface area contributed by atoms with Gasteiger partial charge in [-0.3, -0.25) is 9.59 Å². The quantitative estimate of drug-likeness (QED) is 0.759. The highest BCUT2D eigenvalue weighted by Gasteiger charge is 2.28. The zero-order chi connectivity index (χ0) is 19.2. The van der Waals surface area contributed by atoms with Crippen LogP contribution >= 0.6 is 11.3 Å². The van der Waals surface area contributed by atoms with Gasteiger partial charge in [0.25, 0.3) is 0 Å². The Balaban J connectivity index is 1.53. The van der Waals surface area contributed by atoms with Crippen LogP contribution in [0.25, 0.3) is 11.3 Å². The van der Waals surface area contributed by atoms with E-state index < -0.39 is 5.95 Å². The summed E-state index contributed by atoms with van der Waals surface area (Å²) >= 11 is 1.42. The van der Waals surface area contributed by atoms with Crippen molar-refractivity contribution < 1.29 is 18.7 Å². The second kappa shape index (κ2) is 9.01. The van der Waals surface area contributed by atoms with E-state index in [-0.39, 0.29) is 24.3 Å². The number of halogens is 1. The van der Waals surface area contributed by atoms with Crippen molar-refractivity contribution in [3.63, 3.8) is 0 Å². The smallest absolute Gasteiger partial charge is 0.248 e. The highest BCUT2D eigenvalue weighted by atomic mass is 32.1. The van der Waals surface area contributed by atoms with Crippen LogP contribution in [0.5, 0.6) is 0 Å². The first-order chi connectivity index (χ1) is 13.1. The maximum atomic E-state index is 12.9. The third-order valence-electron chi connectivity index (χ3n) is 4.40. The number of thiazole rings is 1. The molecule has 0 bridgehead atoms. The molecule has 27 heavy (non-hydrogen) atoms. The molecule has 1 saturated heterocycles. The molecule has 0 spiro atoms. The number of methoxy groups -OCH3 is 1. The number of hydrogen-bond donors (Lipinski definition) is 1. The van der Waals surface area contributed by atoms with E-state index in [2.05, 4.69) is 15.3 Å². The van der Waals surface area contributed by atoms with E-state index in [4.69, 9.17) is 4.74 Å². The number of nitrogens with zero attached hydrogens (tertiary/aromatic N) is 3. The highest BCUT2D eigenvalue weighted by Crippen LogP contribution is 2.22. The lowest BCUT2D eigenvalue weighted by molar-refractivity contribution is -0.139. The van der Waals surface area contributed by atoms with E-state index in [1.165, 1.54) is 30.7 Å². The molecule has 2 aromatic rings. The van der Waals surface area contributed by atoms with Gasteiger partial charge in [-0.05, 0) is 25.0 Å². The zero-order valence-corrected chi connectivity index (χ0v) is 15.8. The van der Waals surface area contributed by atoms with Crippen molar-refractivity contribution in [1.29, 1.82) is 0 Å². The SMILES string of the molecule is COCC(=O)N1CCC[C@H](C(=O)NCc2nc(-c3ccc(F)nc3)cs2)C1. The van der Waals surface area contributed by atoms with Gasteiger partial charge in [-0.25, -0.2) is 9.97 Å². The summed E-state index contributed by atoms with van der Waals surface area (Å²) in [4.78, 5) is 34.2. The van der Waals surface area contributed by atoms with Gasteiger partial charge in [0.05, 0.1) is 18.2 Å². The van der Waals surface area contributed by atoms with E-state index in [1.807, 2.05) is 5.38 Å². The van der Waals surface area contributed by atoms with Gasteiger partial charge in [-0.1, -0.05) is 0 Å². The molecule has 3 heterocycles. The number of ether oxygens (including phenoxy) is 1. The minimum atomic E-state index is -0.535. The summed E-state index contributed by atoms with van der Waals surface area (Å²) in [5, 5.41) is 5.50. The third kappa shape index (κ3) is 5.08. The number of amides is 2. The zero-order valence-electron chi connectivity index (χ0n) is 15.0. The number of aromatic nitrogens is 2. The highest BCUT2D eigenvalue weighted by molar-refractivity contribution is 7.09. The summed E-state index contributed by atoms with van der Waals surface area (Å²) in [5.41, 5.74) is 1.43. The van der Waals surface area contributed by atoms with Gasteiger partial charge < -0.3 is 15.0 Å². The Kier molecular flexibility index (Phi) is 6.46. The fraction of sp³-hybridized carbons (Fsp3) is 0.444. The normalized spacial score (nSPS) is 17.0. The molecule has 2 amide bonds. The van der Waals surface area contributed by atoms with Crippen LogP contribution in [-0.2, 0) is 20.9 Å². The van der Waals surface area contributed by atoms with Crippen molar-refractivity contribution in [2.24, 2.45) is 5.92 Å². The molecular weight excluding hydrogens is 371 g/mol. The molecule has 1 N–H and O–H groups in total. The van der Waals surface area contributed by atoms with Crippen molar-refractivity contribution in [2.75, 3.05) is 26.8 Å². The van der Waals surface area contributed by atoms with Gasteiger partial charge in [-0.15, -0.1) is 11.3 Å². The molecule has 0 aromatic carbocycles. The molecule has 2 aromatic heterocycles. The molecule has 3 rings (SSSR count). The summed E-state index contributed by atoms with van der Waals surface area (Å²) in [7, 11) is 1.48. The standard InChI is InChI=1S/C18H21FN4O3S/c1-26-10-17(24)23-6-2-3-13(9-23)18(25)21-8-16-22-14(11-27-16)12-4-5-15(19)20-7-12/h4-5,7,11,13H,2-3,6,8-10H2,1H3,(H,21,25)/t13-/m0/s1. The number of carbonyl (C=O) groups excluding carboxylic acids is 2. The van der Waals surface area contributed by atoms with E-state index in [0.29, 0.717) is 25.3 Å². The van der Waals surface area contributed by atoms with Gasteiger partial charge in [0.1, 0.15) is 11.6 Å². The number of hydrogen-bond acceptors (Lipinski definition) is 6. The van der Waals surface area contributed by atoms with Gasteiger partial charge in [0.2, 0.25) is 17.8 Å². The van der Waals surface area contributed by atoms with Crippen molar-refractivity contribution in [3.05, 3.63) is 34.7 Å². The average molecular weight is 392 g/mol. The molecule has 0 unspecified atom stereocenters. The molecule has 1 fully saturated rings. The summed E-state index contributed by atoms with van der Waals surface area (Å²) < 4.78 is 17.8. The molecule has 1 atom stereocenters. The number of rotatable bonds is 6. The molecule has 9 heteroatoms. The van der Waals surface area contributed by atoms with Crippen LogP contribution < -0.4 is 5.32 Å². The Hall–Kier alpha value is -2.39. The Bertz CT molecular complexity index is 796. The van der Waals surface area contributed by atoms with Crippen molar-refractivity contribution in [1.82, 2.24) is 20.2 Å². The minimum Gasteiger partial charge on any atom is -0.375 e. The predicted molar refractivity (Wildman–Crippen MR) is 98.3 cm³/mol. The van der Waals surface area contributed by atoms with Crippen LogP contribution in [-0.4, -0.2) is 53.5 Å². The molecule has 0 saturated carbocycles. The van der Waals surface area contributed by atoms with E-state index in [9.17, 15) is 14.0 Å². The van der Waals surface area contributed by atoms with Gasteiger partial charge in [0, 0.05) is 37.3 Å². The number of likely N-dealkylation sites (tertiary alicyclic amines) is 1. The predicted octanol–water partition coefficient (Wildman–Crippen LogP) is 1.85. The lowest BCUT2D eigenvalue weighted by Gasteiger charge is -2.31. The van der Waals surface area contributed by atoms with Crippen LogP contribution in [0.2, 0.25) is 0 Å². The topological polar surface area (TPSA) is 84.4 Å². The number of piperidine rings is 1. The van der Waals surface area contributed by atoms with Gasteiger partial charge in [0.15, 0.2) is 0 Å². The van der Waals surface area contributed by atoms with Gasteiger partial charge in [-0.2, -0.15) is 4.39 Å². The maximum absolute atomic E-state index is 12.9. The maximum Gasteiger partial charge on any atom is 0.248 e. The Labute approximate surface area is 160 Å². The minimum absolute atomic E-state index is 0.0362. The number of pyridine rings is 1. The lowest BCUT2D eigenvalue weighted by Crippen LogP contribution is -2.46. The van der Waals surface area contributed by atoms with E-state index in [0.717, 1.165) is 23.4 Å². The summed E-state index contributed by atoms with van der Waals surface area (Å²) in [6.45, 7) is 1.43. The Morgan fingerprint density at radius 2 is 2.30 bits per heavy atom. The van der Waals surface area contributed by atoms with Gasteiger partial charge >= 0.3 is 0 Å². The third-order valence-corrected chi connectivity index (χ3v) is 5.25. The number of carbonyl (C=O) groups is 2. The summed E-state index contributed by atoms with van der Waals surface area (Å²) in [5.74, 6) is -0.926. The van der Waals surface area contributed by atoms with Crippen LogP contribution in [0.1, 0.15) is 17.8 Å². The molecule has 1 aliphatic heterocycles. The monoisotopic (exact) mass is 392 g/mol. The Morgan fingerprint density at radius 1 is 1.44 bits per heavy atom. The van der Waals surface area contributed by atoms with E-state index >= 15 is 0 Å². The largest absolute Gasteiger partial charge is 0.375 e. The molecule has 1 aliphatic rings. The summed E-state index contributed by atoms with van der Waals surface area (Å²) in [6.07, 6.45) is 2.99. The van der Waals surface area contributed by atoms with Crippen LogP contribution in [0.4, 0.5) is 4.39 Å². The Morgan fingerprint density at radius 3 is 3.04 bits per heavy atom. The molecule has 144 valence electrons. The summed E-state index contributed by atoms with van der Waals surface area (Å²) in [6, 6.07) is 2.91. The first-order valence-electron chi connectivity index (χ1n) is 8.67. The average Bonchev–Trinajstić information content (AvgIpc) is 3.16. The van der Waals surface area contributed by atoms with Crippen LogP contribution in [0.15, 0.2) is 23.7 Å². The van der Waals surface area contributed by atoms with Crippen molar-refractivity contribution in [3.8, 4) is 11.3 Å². The first-order valence-corrected chi connectivity index (χ1v) is 9.55. The first kappa shape index (κ1) is 19.4. The van der Waals surface area contributed by atoms with Crippen molar-refractivity contribution >= 4 is 23.2 Å². The van der Waals surface area contributed by atoms with Crippen LogP contribution in [0.3, 0.4) is 0 Å². The van der Waals surface area contributed by atoms with E-state index in [1.54, 1.807) is 11.0 Å². The van der Waals surface area contributed by atoms with Crippen LogP contribution in [0, 0.1) is 11.9 Å². The molecule has 0 aliphatic carbocycles. The fourth-order valence-corrected chi connectivity index (χ4v) is 3.73. The molecule has 7 nitrogen and oxygen atoms in total. The number of nitrogens with one attached hydrogen (secondary N) is 1. The molecular formula is C18H21FN4O3S. The molecule has 0 radical (unpaired) electrons.